The van der Waals surface area contributed by atoms with Crippen LogP contribution in [-0.2, 0) is 0 Å². The molecule has 5 rings (SSSR count). The summed E-state index contributed by atoms with van der Waals surface area (Å²) in [6.45, 7) is 5.33. The smallest absolute Gasteiger partial charge is 0.338 e. The first-order valence-electron chi connectivity index (χ1n) is 19.8. The van der Waals surface area contributed by atoms with Gasteiger partial charge in [0.1, 0.15) is 11.5 Å². The van der Waals surface area contributed by atoms with Crippen LogP contribution in [0.15, 0.2) is 89.4 Å². The average molecular weight is 789 g/mol. The van der Waals surface area contributed by atoms with E-state index in [-0.39, 0.29) is 11.4 Å². The van der Waals surface area contributed by atoms with E-state index in [0.29, 0.717) is 47.0 Å². The first-order chi connectivity index (χ1) is 28.2. The van der Waals surface area contributed by atoms with Crippen molar-refractivity contribution in [3.05, 3.63) is 146 Å². The summed E-state index contributed by atoms with van der Waals surface area (Å²) < 4.78 is 14.3. The third-order valence-corrected chi connectivity index (χ3v) is 9.22. The topological polar surface area (TPSA) is 194 Å². The van der Waals surface area contributed by atoms with Crippen molar-refractivity contribution in [2.45, 2.75) is 90.9 Å². The maximum absolute atomic E-state index is 12.3. The van der Waals surface area contributed by atoms with Gasteiger partial charge in [0.15, 0.2) is 0 Å². The normalized spacial score (nSPS) is 10.7. The molecule has 302 valence electrons. The molecule has 0 unspecified atom stereocenters. The standard InChI is InChI=1S/C44H48N6O8/c1-3-5-7-9-11-13-27-57-37-29-34(22-16-32-19-25-36(26-20-32)50-43(55)47-40(52)48-44(50)56)38(58-28-14-12-10-8-6-4-2)30-33(37)21-15-31-17-23-35(24-18-31)49-41(53)45-39(51)46-42(49)54/h17-20,23-26,29-30H,3-14,27-28H2,1-2H3,(H2,45,46,51,53,54)(H2,47,48,52,55,56). The van der Waals surface area contributed by atoms with E-state index in [0.717, 1.165) is 47.7 Å². The van der Waals surface area contributed by atoms with Crippen LogP contribution in [0.25, 0.3) is 11.4 Å². The van der Waals surface area contributed by atoms with Gasteiger partial charge in [0.05, 0.1) is 35.7 Å². The van der Waals surface area contributed by atoms with E-state index in [4.69, 9.17) is 9.47 Å². The van der Waals surface area contributed by atoms with Gasteiger partial charge in [-0.1, -0.05) is 102 Å². The van der Waals surface area contributed by atoms with Gasteiger partial charge in [0, 0.05) is 23.3 Å². The SMILES string of the molecule is CCCCCCCCOc1cc(C#Cc2ccc(-n3c(=O)[nH]c(=O)[nH]c3=O)cc2)c(OCCCCCCCC)cc1C#Cc1ccc(-n2c(=O)[nH]c(=O)[nH]c2=O)cc1. The van der Waals surface area contributed by atoms with Crippen LogP contribution in [0.3, 0.4) is 0 Å². The van der Waals surface area contributed by atoms with E-state index in [1.807, 2.05) is 12.1 Å². The van der Waals surface area contributed by atoms with Crippen LogP contribution in [0.4, 0.5) is 0 Å². The minimum Gasteiger partial charge on any atom is -0.492 e. The molecule has 14 nitrogen and oxygen atoms in total. The number of nitrogens with zero attached hydrogens (tertiary/aromatic N) is 2. The monoisotopic (exact) mass is 788 g/mol. The molecule has 3 aromatic carbocycles. The number of nitrogens with one attached hydrogen (secondary N) is 4. The van der Waals surface area contributed by atoms with Crippen molar-refractivity contribution >= 4 is 0 Å². The van der Waals surface area contributed by atoms with Gasteiger partial charge in [-0.2, -0.15) is 0 Å². The van der Waals surface area contributed by atoms with Gasteiger partial charge < -0.3 is 9.47 Å². The Morgan fingerprint density at radius 1 is 0.448 bits per heavy atom. The summed E-state index contributed by atoms with van der Waals surface area (Å²) >= 11 is 0. The van der Waals surface area contributed by atoms with Crippen molar-refractivity contribution in [2.75, 3.05) is 13.2 Å². The molecule has 0 amide bonds. The van der Waals surface area contributed by atoms with Gasteiger partial charge in [0.2, 0.25) is 0 Å². The molecule has 5 aromatic rings. The average Bonchev–Trinajstić information content (AvgIpc) is 3.19. The highest BCUT2D eigenvalue weighted by atomic mass is 16.5. The van der Waals surface area contributed by atoms with Gasteiger partial charge in [-0.3, -0.25) is 19.9 Å². The quantitative estimate of drug-likeness (QED) is 0.0702. The Morgan fingerprint density at radius 2 is 0.776 bits per heavy atom. The lowest BCUT2D eigenvalue weighted by atomic mass is 10.1. The van der Waals surface area contributed by atoms with Gasteiger partial charge in [-0.15, -0.1) is 0 Å². The lowest BCUT2D eigenvalue weighted by Gasteiger charge is -2.14. The molecule has 0 spiro atoms. The van der Waals surface area contributed by atoms with E-state index >= 15 is 0 Å². The van der Waals surface area contributed by atoms with Crippen LogP contribution in [0, 0.1) is 23.7 Å². The van der Waals surface area contributed by atoms with Crippen LogP contribution >= 0.6 is 0 Å². The van der Waals surface area contributed by atoms with Crippen molar-refractivity contribution in [1.82, 2.24) is 29.1 Å². The molecule has 2 aromatic heterocycles. The summed E-state index contributed by atoms with van der Waals surface area (Å²) in [5, 5.41) is 0. The first-order valence-corrected chi connectivity index (χ1v) is 19.8. The second-order valence-corrected chi connectivity index (χ2v) is 13.7. The Kier molecular flexibility index (Phi) is 15.7. The molecule has 0 aliphatic carbocycles. The second kappa shape index (κ2) is 21.5. The van der Waals surface area contributed by atoms with Gasteiger partial charge in [0.25, 0.3) is 0 Å². The number of unbranched alkanes of at least 4 members (excludes halogenated alkanes) is 10. The molecule has 0 atom stereocenters. The Bertz CT molecular complexity index is 2390. The molecule has 14 heteroatoms. The molecule has 58 heavy (non-hydrogen) atoms. The lowest BCUT2D eigenvalue weighted by molar-refractivity contribution is 0.295. The Morgan fingerprint density at radius 3 is 1.12 bits per heavy atom. The summed E-state index contributed by atoms with van der Waals surface area (Å²) in [5.74, 6) is 13.8. The van der Waals surface area contributed by atoms with Gasteiger partial charge in [-0.05, 0) is 61.4 Å². The van der Waals surface area contributed by atoms with Crippen molar-refractivity contribution in [3.63, 3.8) is 0 Å². The molecular weight excluding hydrogens is 741 g/mol. The summed E-state index contributed by atoms with van der Waals surface area (Å²) in [5.41, 5.74) is -2.27. The molecule has 4 N–H and O–H groups in total. The predicted molar refractivity (Wildman–Crippen MR) is 223 cm³/mol. The van der Waals surface area contributed by atoms with Crippen molar-refractivity contribution in [2.24, 2.45) is 0 Å². The predicted octanol–water partition coefficient (Wildman–Crippen LogP) is 5.02. The fourth-order valence-electron chi connectivity index (χ4n) is 6.12. The van der Waals surface area contributed by atoms with E-state index in [1.54, 1.807) is 48.5 Å². The number of hydrogen-bond acceptors (Lipinski definition) is 8. The second-order valence-electron chi connectivity index (χ2n) is 13.7. The maximum Gasteiger partial charge on any atom is 0.338 e. The minimum absolute atomic E-state index is 0.262. The summed E-state index contributed by atoms with van der Waals surface area (Å²) in [7, 11) is 0. The molecule has 2 heterocycles. The lowest BCUT2D eigenvalue weighted by Crippen LogP contribution is -2.42. The van der Waals surface area contributed by atoms with Crippen molar-refractivity contribution < 1.29 is 9.47 Å². The highest BCUT2D eigenvalue weighted by Gasteiger charge is 2.12. The van der Waals surface area contributed by atoms with Gasteiger partial charge >= 0.3 is 34.1 Å². The van der Waals surface area contributed by atoms with E-state index in [2.05, 4.69) is 57.5 Å². The number of benzene rings is 3. The number of aromatic nitrogens is 6. The number of ether oxygens (including phenoxy) is 2. The number of rotatable bonds is 18. The molecule has 0 saturated carbocycles. The van der Waals surface area contributed by atoms with Crippen LogP contribution in [0.1, 0.15) is 113 Å². The van der Waals surface area contributed by atoms with Crippen LogP contribution in [0.5, 0.6) is 11.5 Å². The summed E-state index contributed by atoms with van der Waals surface area (Å²) in [6.07, 6.45) is 13.2. The highest BCUT2D eigenvalue weighted by molar-refractivity contribution is 5.61. The third kappa shape index (κ3) is 12.1. The van der Waals surface area contributed by atoms with Crippen molar-refractivity contribution in [3.8, 4) is 46.6 Å². The van der Waals surface area contributed by atoms with E-state index in [9.17, 15) is 28.8 Å². The molecule has 0 aliphatic heterocycles. The van der Waals surface area contributed by atoms with Gasteiger partial charge in [-0.25, -0.2) is 37.9 Å². The van der Waals surface area contributed by atoms with E-state index in [1.165, 1.54) is 38.5 Å². The Labute approximate surface area is 334 Å². The van der Waals surface area contributed by atoms with Crippen LogP contribution in [-0.4, -0.2) is 42.3 Å². The molecule has 0 saturated heterocycles. The Hall–Kier alpha value is -6.80. The maximum atomic E-state index is 12.3. The Balaban J connectivity index is 1.47. The largest absolute Gasteiger partial charge is 0.492 e. The fourth-order valence-corrected chi connectivity index (χ4v) is 6.12. The third-order valence-electron chi connectivity index (χ3n) is 9.22. The first kappa shape index (κ1) is 42.3. The summed E-state index contributed by atoms with van der Waals surface area (Å²) in [6, 6.07) is 16.6. The number of hydrogen-bond donors (Lipinski definition) is 4. The molecule has 0 aliphatic rings. The summed E-state index contributed by atoms with van der Waals surface area (Å²) in [4.78, 5) is 80.4. The van der Waals surface area contributed by atoms with Crippen molar-refractivity contribution in [1.29, 1.82) is 0 Å². The van der Waals surface area contributed by atoms with E-state index < -0.39 is 34.1 Å². The molecule has 0 radical (unpaired) electrons. The molecule has 0 bridgehead atoms. The fraction of sp³-hybridized carbons (Fsp3) is 0.364. The zero-order chi connectivity index (χ0) is 41.3. The molecule has 0 fully saturated rings. The highest BCUT2D eigenvalue weighted by Crippen LogP contribution is 2.29. The number of H-pyrrole nitrogens is 4. The zero-order valence-corrected chi connectivity index (χ0v) is 32.8. The van der Waals surface area contributed by atoms with Crippen LogP contribution < -0.4 is 43.6 Å². The minimum atomic E-state index is -0.883. The number of aromatic amines is 4. The zero-order valence-electron chi connectivity index (χ0n) is 32.8. The van der Waals surface area contributed by atoms with Crippen LogP contribution in [0.2, 0.25) is 0 Å². The molecular formula is C44H48N6O8.